The van der Waals surface area contributed by atoms with E-state index in [1.54, 1.807) is 6.07 Å². The Bertz CT molecular complexity index is 1100. The molecule has 0 atom stereocenters. The number of nitrogens with zero attached hydrogens (tertiary/aromatic N) is 2. The van der Waals surface area contributed by atoms with Gasteiger partial charge in [0.1, 0.15) is 5.75 Å². The van der Waals surface area contributed by atoms with Crippen LogP contribution in [0.3, 0.4) is 0 Å². The van der Waals surface area contributed by atoms with Gasteiger partial charge in [0.25, 0.3) is 5.22 Å². The van der Waals surface area contributed by atoms with Crippen molar-refractivity contribution in [3.63, 3.8) is 0 Å². The predicted molar refractivity (Wildman–Crippen MR) is 116 cm³/mol. The lowest BCUT2D eigenvalue weighted by Gasteiger charge is -2.11. The second-order valence-corrected chi connectivity index (χ2v) is 7.30. The molecule has 1 amide bonds. The van der Waals surface area contributed by atoms with Crippen LogP contribution in [-0.4, -0.2) is 21.9 Å². The van der Waals surface area contributed by atoms with Gasteiger partial charge in [-0.1, -0.05) is 72.4 Å². The maximum absolute atomic E-state index is 12.4. The minimum absolute atomic E-state index is 0.145. The van der Waals surface area contributed by atoms with Crippen LogP contribution in [0.2, 0.25) is 0 Å². The molecule has 1 heterocycles. The molecule has 0 spiro atoms. The van der Waals surface area contributed by atoms with Crippen LogP contribution in [0.5, 0.6) is 11.5 Å². The van der Waals surface area contributed by atoms with Gasteiger partial charge >= 0.3 is 0 Å². The van der Waals surface area contributed by atoms with E-state index in [1.807, 2.05) is 78.9 Å². The van der Waals surface area contributed by atoms with Crippen LogP contribution in [0.4, 0.5) is 5.69 Å². The lowest BCUT2D eigenvalue weighted by atomic mass is 10.2. The van der Waals surface area contributed by atoms with E-state index < -0.39 is 0 Å². The molecule has 0 saturated carbocycles. The quantitative estimate of drug-likeness (QED) is 0.398. The topological polar surface area (TPSA) is 77.2 Å². The Balaban J connectivity index is 1.32. The Hall–Kier alpha value is -3.58. The molecule has 0 unspecified atom stereocenters. The second kappa shape index (κ2) is 9.76. The molecule has 1 N–H and O–H groups in total. The molecule has 6 nitrogen and oxygen atoms in total. The number of hydrogen-bond acceptors (Lipinski definition) is 6. The van der Waals surface area contributed by atoms with E-state index in [0.717, 1.165) is 5.56 Å². The van der Waals surface area contributed by atoms with Crippen LogP contribution in [0, 0.1) is 0 Å². The van der Waals surface area contributed by atoms with Gasteiger partial charge in [-0.3, -0.25) is 4.79 Å². The summed E-state index contributed by atoms with van der Waals surface area (Å²) in [6, 6.07) is 26.6. The summed E-state index contributed by atoms with van der Waals surface area (Å²) >= 11 is 1.20. The highest BCUT2D eigenvalue weighted by atomic mass is 32.2. The zero-order valence-electron chi connectivity index (χ0n) is 16.0. The molecular formula is C23H19N3O3S. The summed E-state index contributed by atoms with van der Waals surface area (Å²) < 4.78 is 11.5. The van der Waals surface area contributed by atoms with E-state index in [2.05, 4.69) is 15.5 Å². The summed E-state index contributed by atoms with van der Waals surface area (Å²) in [5.74, 6) is 1.75. The number of hydrogen-bond donors (Lipinski definition) is 1. The van der Waals surface area contributed by atoms with Crippen LogP contribution in [0.15, 0.2) is 94.6 Å². The first-order valence-corrected chi connectivity index (χ1v) is 10.4. The van der Waals surface area contributed by atoms with E-state index >= 15 is 0 Å². The number of rotatable bonds is 8. The molecule has 4 rings (SSSR count). The summed E-state index contributed by atoms with van der Waals surface area (Å²) in [6.07, 6.45) is 0.560. The summed E-state index contributed by atoms with van der Waals surface area (Å²) in [6.45, 7) is 0. The molecule has 0 aliphatic heterocycles. The number of amides is 1. The number of nitrogens with one attached hydrogen (secondary N) is 1. The lowest BCUT2D eigenvalue weighted by Crippen LogP contribution is -2.14. The van der Waals surface area contributed by atoms with Gasteiger partial charge in [-0.2, -0.15) is 0 Å². The average molecular weight is 417 g/mol. The molecule has 1 aromatic heterocycles. The van der Waals surface area contributed by atoms with Crippen molar-refractivity contribution in [2.75, 3.05) is 11.1 Å². The van der Waals surface area contributed by atoms with Gasteiger partial charge in [-0.25, -0.2) is 0 Å². The average Bonchev–Trinajstić information content (AvgIpc) is 3.22. The summed E-state index contributed by atoms with van der Waals surface area (Å²) in [7, 11) is 0. The highest BCUT2D eigenvalue weighted by Gasteiger charge is 2.12. The molecule has 0 aliphatic rings. The van der Waals surface area contributed by atoms with Gasteiger partial charge in [0.05, 0.1) is 17.9 Å². The fourth-order valence-corrected chi connectivity index (χ4v) is 3.31. The van der Waals surface area contributed by atoms with Gasteiger partial charge in [-0.15, -0.1) is 10.2 Å². The molecule has 7 heteroatoms. The van der Waals surface area contributed by atoms with Gasteiger partial charge < -0.3 is 14.5 Å². The molecule has 4 aromatic rings. The van der Waals surface area contributed by atoms with Crippen molar-refractivity contribution in [2.45, 2.75) is 11.6 Å². The number of para-hydroxylation sites is 3. The van der Waals surface area contributed by atoms with Crippen LogP contribution >= 0.6 is 11.8 Å². The molecule has 30 heavy (non-hydrogen) atoms. The van der Waals surface area contributed by atoms with Crippen molar-refractivity contribution in [2.24, 2.45) is 0 Å². The third-order valence-electron chi connectivity index (χ3n) is 4.11. The van der Waals surface area contributed by atoms with Gasteiger partial charge in [-0.05, 0) is 29.8 Å². The first kappa shape index (κ1) is 19.7. The van der Waals surface area contributed by atoms with E-state index in [9.17, 15) is 4.79 Å². The van der Waals surface area contributed by atoms with Crippen molar-refractivity contribution in [3.05, 3.63) is 96.4 Å². The third kappa shape index (κ3) is 5.48. The molecule has 0 saturated heterocycles. The smallest absolute Gasteiger partial charge is 0.277 e. The Kier molecular flexibility index (Phi) is 6.41. The van der Waals surface area contributed by atoms with Crippen molar-refractivity contribution >= 4 is 23.4 Å². The van der Waals surface area contributed by atoms with E-state index in [-0.39, 0.29) is 11.7 Å². The predicted octanol–water partition coefficient (Wildman–Crippen LogP) is 5.18. The van der Waals surface area contributed by atoms with Gasteiger partial charge in [0, 0.05) is 0 Å². The first-order chi connectivity index (χ1) is 14.8. The number of ether oxygens (including phenoxy) is 1. The van der Waals surface area contributed by atoms with Crippen molar-refractivity contribution in [1.82, 2.24) is 10.2 Å². The SMILES string of the molecule is O=C(CSc1nnc(Cc2ccccc2)o1)Nc1ccccc1Oc1ccccc1. The molecule has 0 bridgehead atoms. The second-order valence-electron chi connectivity index (χ2n) is 6.37. The monoisotopic (exact) mass is 417 g/mol. The minimum Gasteiger partial charge on any atom is -0.455 e. The Labute approximate surface area is 178 Å². The van der Waals surface area contributed by atoms with E-state index in [4.69, 9.17) is 9.15 Å². The first-order valence-electron chi connectivity index (χ1n) is 9.37. The largest absolute Gasteiger partial charge is 0.455 e. The Morgan fingerprint density at radius 3 is 2.40 bits per heavy atom. The number of anilines is 1. The Morgan fingerprint density at radius 2 is 1.60 bits per heavy atom. The normalized spacial score (nSPS) is 10.5. The zero-order chi connectivity index (χ0) is 20.6. The number of aromatic nitrogens is 2. The van der Waals surface area contributed by atoms with Crippen molar-refractivity contribution in [1.29, 1.82) is 0 Å². The zero-order valence-corrected chi connectivity index (χ0v) is 16.8. The lowest BCUT2D eigenvalue weighted by molar-refractivity contribution is -0.113. The number of carbonyl (C=O) groups excluding carboxylic acids is 1. The molecule has 3 aromatic carbocycles. The van der Waals surface area contributed by atoms with Crippen LogP contribution < -0.4 is 10.1 Å². The van der Waals surface area contributed by atoms with Crippen molar-refractivity contribution in [3.8, 4) is 11.5 Å². The maximum Gasteiger partial charge on any atom is 0.277 e. The highest BCUT2D eigenvalue weighted by molar-refractivity contribution is 7.99. The summed E-state index contributed by atoms with van der Waals surface area (Å²) in [5, 5.41) is 11.3. The number of thioether (sulfide) groups is 1. The maximum atomic E-state index is 12.4. The van der Waals surface area contributed by atoms with Crippen LogP contribution in [0.1, 0.15) is 11.5 Å². The van der Waals surface area contributed by atoms with Crippen LogP contribution in [0.25, 0.3) is 0 Å². The number of carbonyl (C=O) groups is 1. The fraction of sp³-hybridized carbons (Fsp3) is 0.0870. The summed E-state index contributed by atoms with van der Waals surface area (Å²) in [4.78, 5) is 12.4. The molecule has 150 valence electrons. The van der Waals surface area contributed by atoms with E-state index in [1.165, 1.54) is 11.8 Å². The third-order valence-corrected chi connectivity index (χ3v) is 4.92. The summed E-state index contributed by atoms with van der Waals surface area (Å²) in [5.41, 5.74) is 1.69. The van der Waals surface area contributed by atoms with Gasteiger partial charge in [0.15, 0.2) is 5.75 Å². The van der Waals surface area contributed by atoms with Gasteiger partial charge in [0.2, 0.25) is 11.8 Å². The fourth-order valence-electron chi connectivity index (χ4n) is 2.73. The van der Waals surface area contributed by atoms with Crippen LogP contribution in [-0.2, 0) is 11.2 Å². The standard InChI is InChI=1S/C23H19N3O3S/c27-21(16-30-23-26-25-22(29-23)15-17-9-3-1-4-10-17)24-19-13-7-8-14-20(19)28-18-11-5-2-6-12-18/h1-14H,15-16H2,(H,24,27). The molecule has 0 fully saturated rings. The molecule has 0 aliphatic carbocycles. The minimum atomic E-state index is -0.188. The Morgan fingerprint density at radius 1 is 0.900 bits per heavy atom. The van der Waals surface area contributed by atoms with E-state index in [0.29, 0.717) is 34.7 Å². The van der Waals surface area contributed by atoms with Crippen molar-refractivity contribution < 1.29 is 13.9 Å². The highest BCUT2D eigenvalue weighted by Crippen LogP contribution is 2.29. The molecule has 0 radical (unpaired) electrons. The molecular weight excluding hydrogens is 398 g/mol. The number of benzene rings is 3.